The van der Waals surface area contributed by atoms with Gasteiger partial charge in [0.2, 0.25) is 5.88 Å². The predicted octanol–water partition coefficient (Wildman–Crippen LogP) is 2.28. The van der Waals surface area contributed by atoms with Crippen LogP contribution in [0.3, 0.4) is 0 Å². The van der Waals surface area contributed by atoms with Crippen molar-refractivity contribution in [2.24, 2.45) is 11.7 Å². The molecular weight excluding hydrogens is 214 g/mol. The number of rotatable bonds is 4. The molecular formula is C13H21N3O. The maximum absolute atomic E-state index is 6.03. The predicted molar refractivity (Wildman–Crippen MR) is 66.6 cm³/mol. The summed E-state index contributed by atoms with van der Waals surface area (Å²) in [4.78, 5) is 8.45. The molecule has 1 aliphatic rings. The van der Waals surface area contributed by atoms with E-state index < -0.39 is 0 Å². The SMILES string of the molecule is CCC1CCCCC1Oc1nccnc1CN. The Kier molecular flexibility index (Phi) is 4.31. The van der Waals surface area contributed by atoms with E-state index in [1.807, 2.05) is 0 Å². The van der Waals surface area contributed by atoms with E-state index in [1.54, 1.807) is 12.4 Å². The third-order valence-electron chi connectivity index (χ3n) is 3.56. The summed E-state index contributed by atoms with van der Waals surface area (Å²) in [6.07, 6.45) is 9.74. The number of aromatic nitrogens is 2. The van der Waals surface area contributed by atoms with Crippen LogP contribution in [0.25, 0.3) is 0 Å². The Morgan fingerprint density at radius 2 is 2.06 bits per heavy atom. The summed E-state index contributed by atoms with van der Waals surface area (Å²) in [6.45, 7) is 2.61. The van der Waals surface area contributed by atoms with Crippen molar-refractivity contribution in [3.05, 3.63) is 18.1 Å². The molecule has 2 atom stereocenters. The quantitative estimate of drug-likeness (QED) is 0.869. The summed E-state index contributed by atoms with van der Waals surface area (Å²) < 4.78 is 6.03. The molecule has 0 amide bonds. The summed E-state index contributed by atoms with van der Waals surface area (Å²) in [5, 5.41) is 0. The highest BCUT2D eigenvalue weighted by Gasteiger charge is 2.26. The molecule has 0 spiro atoms. The van der Waals surface area contributed by atoms with Crippen LogP contribution in [0.2, 0.25) is 0 Å². The van der Waals surface area contributed by atoms with Gasteiger partial charge in [0.05, 0.1) is 0 Å². The zero-order chi connectivity index (χ0) is 12.1. The van der Waals surface area contributed by atoms with E-state index in [0.717, 1.165) is 12.1 Å². The van der Waals surface area contributed by atoms with Crippen molar-refractivity contribution in [2.75, 3.05) is 0 Å². The van der Waals surface area contributed by atoms with E-state index in [0.29, 0.717) is 18.3 Å². The molecule has 1 fully saturated rings. The van der Waals surface area contributed by atoms with Crippen LogP contribution in [0.5, 0.6) is 5.88 Å². The van der Waals surface area contributed by atoms with Gasteiger partial charge in [-0.2, -0.15) is 0 Å². The molecule has 2 rings (SSSR count). The van der Waals surface area contributed by atoms with Crippen molar-refractivity contribution in [1.29, 1.82) is 0 Å². The zero-order valence-corrected chi connectivity index (χ0v) is 10.4. The molecule has 4 heteroatoms. The lowest BCUT2D eigenvalue weighted by Crippen LogP contribution is -2.30. The fourth-order valence-electron chi connectivity index (χ4n) is 2.53. The van der Waals surface area contributed by atoms with Crippen LogP contribution in [0.1, 0.15) is 44.7 Å². The summed E-state index contributed by atoms with van der Waals surface area (Å²) >= 11 is 0. The Morgan fingerprint density at radius 3 is 2.82 bits per heavy atom. The Hall–Kier alpha value is -1.16. The Bertz CT molecular complexity index is 356. The summed E-state index contributed by atoms with van der Waals surface area (Å²) in [6, 6.07) is 0. The highest BCUT2D eigenvalue weighted by molar-refractivity contribution is 5.17. The first-order valence-corrected chi connectivity index (χ1v) is 6.51. The van der Waals surface area contributed by atoms with Gasteiger partial charge in [0, 0.05) is 18.9 Å². The van der Waals surface area contributed by atoms with Crippen molar-refractivity contribution >= 4 is 0 Å². The number of hydrogen-bond acceptors (Lipinski definition) is 4. The van der Waals surface area contributed by atoms with Gasteiger partial charge < -0.3 is 10.5 Å². The van der Waals surface area contributed by atoms with Crippen molar-refractivity contribution in [3.8, 4) is 5.88 Å². The van der Waals surface area contributed by atoms with Gasteiger partial charge in [-0.05, 0) is 31.6 Å². The molecule has 1 saturated carbocycles. The molecule has 17 heavy (non-hydrogen) atoms. The molecule has 0 saturated heterocycles. The first kappa shape index (κ1) is 12.3. The molecule has 1 heterocycles. The number of ether oxygens (including phenoxy) is 1. The van der Waals surface area contributed by atoms with Crippen molar-refractivity contribution in [3.63, 3.8) is 0 Å². The lowest BCUT2D eigenvalue weighted by atomic mass is 9.85. The van der Waals surface area contributed by atoms with Gasteiger partial charge in [-0.3, -0.25) is 4.98 Å². The van der Waals surface area contributed by atoms with E-state index >= 15 is 0 Å². The highest BCUT2D eigenvalue weighted by atomic mass is 16.5. The monoisotopic (exact) mass is 235 g/mol. The number of nitrogens with zero attached hydrogens (tertiary/aromatic N) is 2. The average Bonchev–Trinajstić information content (AvgIpc) is 2.40. The Balaban J connectivity index is 2.08. The van der Waals surface area contributed by atoms with Gasteiger partial charge in [-0.25, -0.2) is 4.98 Å². The topological polar surface area (TPSA) is 61.0 Å². The van der Waals surface area contributed by atoms with Crippen LogP contribution < -0.4 is 10.5 Å². The molecule has 94 valence electrons. The zero-order valence-electron chi connectivity index (χ0n) is 10.4. The fraction of sp³-hybridized carbons (Fsp3) is 0.692. The van der Waals surface area contributed by atoms with E-state index in [1.165, 1.54) is 25.7 Å². The first-order valence-electron chi connectivity index (χ1n) is 6.51. The molecule has 1 aromatic heterocycles. The van der Waals surface area contributed by atoms with Crippen LogP contribution >= 0.6 is 0 Å². The van der Waals surface area contributed by atoms with E-state index in [9.17, 15) is 0 Å². The fourth-order valence-corrected chi connectivity index (χ4v) is 2.53. The molecule has 1 aliphatic carbocycles. The second-order valence-corrected chi connectivity index (χ2v) is 4.62. The molecule has 0 bridgehead atoms. The minimum Gasteiger partial charge on any atom is -0.473 e. The summed E-state index contributed by atoms with van der Waals surface area (Å²) in [7, 11) is 0. The van der Waals surface area contributed by atoms with Gasteiger partial charge in [-0.15, -0.1) is 0 Å². The number of nitrogens with two attached hydrogens (primary N) is 1. The average molecular weight is 235 g/mol. The molecule has 2 N–H and O–H groups in total. The molecule has 1 aromatic rings. The minimum absolute atomic E-state index is 0.288. The van der Waals surface area contributed by atoms with E-state index in [2.05, 4.69) is 16.9 Å². The van der Waals surface area contributed by atoms with Gasteiger partial charge >= 0.3 is 0 Å². The molecule has 0 aliphatic heterocycles. The third kappa shape index (κ3) is 2.94. The van der Waals surface area contributed by atoms with Gasteiger partial charge in [-0.1, -0.05) is 13.3 Å². The maximum Gasteiger partial charge on any atom is 0.237 e. The van der Waals surface area contributed by atoms with Crippen molar-refractivity contribution < 1.29 is 4.74 Å². The van der Waals surface area contributed by atoms with Gasteiger partial charge in [0.1, 0.15) is 11.8 Å². The van der Waals surface area contributed by atoms with Crippen LogP contribution in [0.4, 0.5) is 0 Å². The molecule has 0 aromatic carbocycles. The Labute approximate surface area is 103 Å². The Morgan fingerprint density at radius 1 is 1.29 bits per heavy atom. The van der Waals surface area contributed by atoms with E-state index in [-0.39, 0.29) is 6.10 Å². The van der Waals surface area contributed by atoms with Crippen LogP contribution in [-0.4, -0.2) is 16.1 Å². The van der Waals surface area contributed by atoms with Crippen LogP contribution in [-0.2, 0) is 6.54 Å². The third-order valence-corrected chi connectivity index (χ3v) is 3.56. The van der Waals surface area contributed by atoms with Crippen molar-refractivity contribution in [1.82, 2.24) is 9.97 Å². The minimum atomic E-state index is 0.288. The lowest BCUT2D eigenvalue weighted by Gasteiger charge is -2.31. The summed E-state index contributed by atoms with van der Waals surface area (Å²) in [5.74, 6) is 1.27. The molecule has 0 radical (unpaired) electrons. The van der Waals surface area contributed by atoms with Crippen LogP contribution in [0, 0.1) is 5.92 Å². The lowest BCUT2D eigenvalue weighted by molar-refractivity contribution is 0.0842. The standard InChI is InChI=1S/C13H21N3O/c1-2-10-5-3-4-6-12(10)17-13-11(9-14)15-7-8-16-13/h7-8,10,12H,2-6,9,14H2,1H3. The molecule has 4 nitrogen and oxygen atoms in total. The number of hydrogen-bond donors (Lipinski definition) is 1. The summed E-state index contributed by atoms with van der Waals surface area (Å²) in [5.41, 5.74) is 6.40. The van der Waals surface area contributed by atoms with Gasteiger partial charge in [0.15, 0.2) is 0 Å². The largest absolute Gasteiger partial charge is 0.473 e. The maximum atomic E-state index is 6.03. The highest BCUT2D eigenvalue weighted by Crippen LogP contribution is 2.30. The smallest absolute Gasteiger partial charge is 0.237 e. The van der Waals surface area contributed by atoms with Crippen molar-refractivity contribution in [2.45, 2.75) is 51.7 Å². The second kappa shape index (κ2) is 5.96. The second-order valence-electron chi connectivity index (χ2n) is 4.62. The van der Waals surface area contributed by atoms with Gasteiger partial charge in [0.25, 0.3) is 0 Å². The first-order chi connectivity index (χ1) is 8.35. The normalized spacial score (nSPS) is 24.6. The van der Waals surface area contributed by atoms with E-state index in [4.69, 9.17) is 10.5 Å². The van der Waals surface area contributed by atoms with Crippen LogP contribution in [0.15, 0.2) is 12.4 Å². The molecule has 2 unspecified atom stereocenters.